The van der Waals surface area contributed by atoms with Crippen LogP contribution in [-0.4, -0.2) is 18.9 Å². The summed E-state index contributed by atoms with van der Waals surface area (Å²) in [5.74, 6) is 1.16. The van der Waals surface area contributed by atoms with E-state index in [0.29, 0.717) is 17.1 Å². The molecular weight excluding hydrogens is 260 g/mol. The molecule has 3 atom stereocenters. The maximum absolute atomic E-state index is 12.4. The minimum absolute atomic E-state index is 0.0395. The number of Topliss-reactive ketones (excluding diaryl/α,β-unsaturated/α-hetero) is 1. The first-order chi connectivity index (χ1) is 9.92. The Bertz CT molecular complexity index is 289. The molecule has 0 heterocycles. The number of rotatable bonds is 7. The molecule has 1 fully saturated rings. The number of hydrogen-bond donors (Lipinski definition) is 2. The first-order valence-corrected chi connectivity index (χ1v) is 8.88. The second-order valence-corrected chi connectivity index (χ2v) is 6.83. The Balaban J connectivity index is 0.00000191. The number of hydrazine groups is 1. The molecule has 1 rings (SSSR count). The molecule has 21 heavy (non-hydrogen) atoms. The van der Waals surface area contributed by atoms with Gasteiger partial charge in [0.2, 0.25) is 0 Å². The van der Waals surface area contributed by atoms with Crippen molar-refractivity contribution in [2.75, 3.05) is 7.05 Å². The monoisotopic (exact) mass is 298 g/mol. The van der Waals surface area contributed by atoms with E-state index < -0.39 is 0 Å². The Kier molecular flexibility index (Phi) is 10.1. The van der Waals surface area contributed by atoms with Gasteiger partial charge in [-0.1, -0.05) is 54.4 Å². The molecule has 0 aromatic rings. The van der Waals surface area contributed by atoms with Gasteiger partial charge in [0.25, 0.3) is 0 Å². The molecule has 1 aliphatic rings. The van der Waals surface area contributed by atoms with Crippen LogP contribution >= 0.6 is 0 Å². The molecule has 1 aliphatic carbocycles. The highest BCUT2D eigenvalue weighted by Gasteiger charge is 2.35. The summed E-state index contributed by atoms with van der Waals surface area (Å²) < 4.78 is 0. The van der Waals surface area contributed by atoms with Gasteiger partial charge in [-0.05, 0) is 44.1 Å². The summed E-state index contributed by atoms with van der Waals surface area (Å²) in [5.41, 5.74) is 6.53. The van der Waals surface area contributed by atoms with Crippen LogP contribution in [0.2, 0.25) is 0 Å². The lowest BCUT2D eigenvalue weighted by Gasteiger charge is -2.40. The van der Waals surface area contributed by atoms with E-state index in [4.69, 9.17) is 0 Å². The van der Waals surface area contributed by atoms with Crippen molar-refractivity contribution >= 4 is 5.78 Å². The fourth-order valence-corrected chi connectivity index (χ4v) is 3.25. The highest BCUT2D eigenvalue weighted by molar-refractivity contribution is 5.85. The number of carbonyl (C=O) groups is 1. The van der Waals surface area contributed by atoms with E-state index in [9.17, 15) is 4.79 Å². The lowest BCUT2D eigenvalue weighted by Crippen LogP contribution is -2.48. The highest BCUT2D eigenvalue weighted by atomic mass is 16.1. The molecule has 0 aromatic carbocycles. The molecule has 0 spiro atoms. The molecule has 2 N–H and O–H groups in total. The lowest BCUT2D eigenvalue weighted by atomic mass is 9.66. The van der Waals surface area contributed by atoms with Crippen LogP contribution in [-0.2, 0) is 4.79 Å². The second-order valence-electron chi connectivity index (χ2n) is 6.83. The largest absolute Gasteiger partial charge is 0.298 e. The molecule has 0 radical (unpaired) electrons. The van der Waals surface area contributed by atoms with Gasteiger partial charge in [0, 0.05) is 5.92 Å². The molecule has 0 bridgehead atoms. The van der Waals surface area contributed by atoms with Crippen molar-refractivity contribution in [2.24, 2.45) is 17.3 Å². The fraction of sp³-hybridized carbons (Fsp3) is 0.944. The molecule has 3 nitrogen and oxygen atoms in total. The Labute approximate surface area is 132 Å². The SMILES string of the molecule is CC.CCC(C)C(=O)C(CC1CCCCC1(C)C)NNC. The van der Waals surface area contributed by atoms with Gasteiger partial charge in [0.15, 0.2) is 5.78 Å². The minimum Gasteiger partial charge on any atom is -0.298 e. The quantitative estimate of drug-likeness (QED) is 0.687. The third-order valence-electron chi connectivity index (χ3n) is 5.01. The summed E-state index contributed by atoms with van der Waals surface area (Å²) >= 11 is 0. The first-order valence-electron chi connectivity index (χ1n) is 8.88. The summed E-state index contributed by atoms with van der Waals surface area (Å²) in [7, 11) is 1.85. The predicted molar refractivity (Wildman–Crippen MR) is 92.1 cm³/mol. The van der Waals surface area contributed by atoms with Crippen molar-refractivity contribution in [3.8, 4) is 0 Å². The van der Waals surface area contributed by atoms with Gasteiger partial charge < -0.3 is 0 Å². The van der Waals surface area contributed by atoms with Gasteiger partial charge >= 0.3 is 0 Å². The van der Waals surface area contributed by atoms with Crippen LogP contribution in [0.4, 0.5) is 0 Å². The molecular formula is C18H38N2O. The van der Waals surface area contributed by atoms with E-state index in [1.807, 2.05) is 27.8 Å². The standard InChI is InChI=1S/C16H32N2O.C2H6/c1-6-12(2)15(19)14(18-17-5)11-13-9-7-8-10-16(13,3)4;1-2/h12-14,17-18H,6-11H2,1-5H3;1-2H3. The van der Waals surface area contributed by atoms with Crippen molar-refractivity contribution in [1.29, 1.82) is 0 Å². The molecule has 0 amide bonds. The van der Waals surface area contributed by atoms with E-state index in [1.165, 1.54) is 25.7 Å². The van der Waals surface area contributed by atoms with Gasteiger partial charge in [-0.2, -0.15) is 0 Å². The smallest absolute Gasteiger partial charge is 0.153 e. The van der Waals surface area contributed by atoms with Gasteiger partial charge in [-0.3, -0.25) is 10.2 Å². The maximum Gasteiger partial charge on any atom is 0.153 e. The highest BCUT2D eigenvalue weighted by Crippen LogP contribution is 2.43. The van der Waals surface area contributed by atoms with Crippen LogP contribution in [0.3, 0.4) is 0 Å². The molecule has 0 aliphatic heterocycles. The minimum atomic E-state index is -0.0395. The van der Waals surface area contributed by atoms with Gasteiger partial charge in [-0.15, -0.1) is 0 Å². The topological polar surface area (TPSA) is 41.1 Å². The molecule has 0 aromatic heterocycles. The van der Waals surface area contributed by atoms with Crippen LogP contribution in [0.15, 0.2) is 0 Å². The molecule has 3 heteroatoms. The Morgan fingerprint density at radius 2 is 1.90 bits per heavy atom. The predicted octanol–water partition coefficient (Wildman–Crippen LogP) is 4.33. The Morgan fingerprint density at radius 1 is 1.29 bits per heavy atom. The number of nitrogens with one attached hydrogen (secondary N) is 2. The Hall–Kier alpha value is -0.410. The summed E-state index contributed by atoms with van der Waals surface area (Å²) in [4.78, 5) is 12.4. The van der Waals surface area contributed by atoms with E-state index >= 15 is 0 Å². The van der Waals surface area contributed by atoms with Crippen LogP contribution in [0.5, 0.6) is 0 Å². The van der Waals surface area contributed by atoms with Gasteiger partial charge in [-0.25, -0.2) is 5.43 Å². The zero-order chi connectivity index (χ0) is 16.5. The number of carbonyl (C=O) groups excluding carboxylic acids is 1. The summed E-state index contributed by atoms with van der Waals surface area (Å²) in [6.07, 6.45) is 7.11. The average Bonchev–Trinajstić information content (AvgIpc) is 2.49. The van der Waals surface area contributed by atoms with Crippen molar-refractivity contribution in [2.45, 2.75) is 86.1 Å². The van der Waals surface area contributed by atoms with E-state index in [2.05, 4.69) is 31.6 Å². The van der Waals surface area contributed by atoms with Crippen LogP contribution < -0.4 is 10.9 Å². The molecule has 126 valence electrons. The van der Waals surface area contributed by atoms with Crippen molar-refractivity contribution in [1.82, 2.24) is 10.9 Å². The summed E-state index contributed by atoms with van der Waals surface area (Å²) in [5, 5.41) is 0. The lowest BCUT2D eigenvalue weighted by molar-refractivity contribution is -0.125. The van der Waals surface area contributed by atoms with Crippen LogP contribution in [0.1, 0.15) is 80.1 Å². The second kappa shape index (κ2) is 10.3. The van der Waals surface area contributed by atoms with E-state index in [1.54, 1.807) is 0 Å². The Morgan fingerprint density at radius 3 is 2.38 bits per heavy atom. The average molecular weight is 299 g/mol. The van der Waals surface area contributed by atoms with Crippen molar-refractivity contribution in [3.05, 3.63) is 0 Å². The number of ketones is 1. The third kappa shape index (κ3) is 6.48. The van der Waals surface area contributed by atoms with E-state index in [0.717, 1.165) is 12.8 Å². The van der Waals surface area contributed by atoms with E-state index in [-0.39, 0.29) is 12.0 Å². The first kappa shape index (κ1) is 20.6. The maximum atomic E-state index is 12.4. The zero-order valence-corrected chi connectivity index (χ0v) is 15.4. The van der Waals surface area contributed by atoms with Gasteiger partial charge in [0.05, 0.1) is 6.04 Å². The molecule has 1 saturated carbocycles. The fourth-order valence-electron chi connectivity index (χ4n) is 3.25. The van der Waals surface area contributed by atoms with Crippen molar-refractivity contribution in [3.63, 3.8) is 0 Å². The number of hydrogen-bond acceptors (Lipinski definition) is 3. The van der Waals surface area contributed by atoms with Crippen LogP contribution in [0.25, 0.3) is 0 Å². The van der Waals surface area contributed by atoms with Crippen LogP contribution in [0, 0.1) is 17.3 Å². The normalized spacial score (nSPS) is 23.7. The zero-order valence-electron chi connectivity index (χ0n) is 15.4. The summed E-state index contributed by atoms with van der Waals surface area (Å²) in [6.45, 7) is 12.9. The molecule has 3 unspecified atom stereocenters. The van der Waals surface area contributed by atoms with Gasteiger partial charge in [0.1, 0.15) is 0 Å². The molecule has 0 saturated heterocycles. The summed E-state index contributed by atoms with van der Waals surface area (Å²) in [6, 6.07) is -0.0395. The third-order valence-corrected chi connectivity index (χ3v) is 5.01. The van der Waals surface area contributed by atoms with Crippen molar-refractivity contribution < 1.29 is 4.79 Å².